The zero-order chi connectivity index (χ0) is 22.0. The molecule has 1 atom stereocenters. The Morgan fingerprint density at radius 2 is 1.93 bits per heavy atom. The first-order valence-corrected chi connectivity index (χ1v) is 10.4. The lowest BCUT2D eigenvalue weighted by Gasteiger charge is -2.40. The number of nitrogens with zero attached hydrogens (tertiary/aromatic N) is 2. The zero-order valence-corrected chi connectivity index (χ0v) is 17.4. The van der Waals surface area contributed by atoms with Gasteiger partial charge < -0.3 is 19.5 Å². The van der Waals surface area contributed by atoms with Crippen molar-refractivity contribution in [3.8, 4) is 5.88 Å². The van der Waals surface area contributed by atoms with E-state index in [0.717, 1.165) is 13.3 Å². The number of carbonyl (C=O) groups is 1. The zero-order valence-electron chi connectivity index (χ0n) is 17.4. The third kappa shape index (κ3) is 4.88. The standard InChI is InChI=1S/C21H29F3N2O4/c1-3-12-29-14-20(28)8-6-19(7-9-20)10-11-26(18(19)27)16-4-5-17(25-13-16)30-15(2)21(22,23)24/h4-5,13,15,28H,3,6-12,14H2,1-2H3/t15-,19?,20?/m0/s1. The Bertz CT molecular complexity index is 731. The topological polar surface area (TPSA) is 71.9 Å². The summed E-state index contributed by atoms with van der Waals surface area (Å²) in [5.41, 5.74) is -0.850. The van der Waals surface area contributed by atoms with Crippen LogP contribution < -0.4 is 9.64 Å². The minimum atomic E-state index is -4.47. The van der Waals surface area contributed by atoms with E-state index in [4.69, 9.17) is 9.47 Å². The van der Waals surface area contributed by atoms with Gasteiger partial charge in [-0.2, -0.15) is 13.2 Å². The van der Waals surface area contributed by atoms with E-state index >= 15 is 0 Å². The van der Waals surface area contributed by atoms with Gasteiger partial charge in [0.05, 0.1) is 29.5 Å². The molecule has 2 heterocycles. The predicted octanol–water partition coefficient (Wildman–Crippen LogP) is 3.87. The lowest BCUT2D eigenvalue weighted by molar-refractivity contribution is -0.189. The van der Waals surface area contributed by atoms with E-state index < -0.39 is 23.3 Å². The van der Waals surface area contributed by atoms with Crippen LogP contribution in [0.1, 0.15) is 52.4 Å². The molecule has 0 aromatic carbocycles. The number of amides is 1. The molecule has 1 spiro atoms. The molecule has 0 bridgehead atoms. The van der Waals surface area contributed by atoms with Crippen molar-refractivity contribution >= 4 is 11.6 Å². The van der Waals surface area contributed by atoms with Gasteiger partial charge in [-0.3, -0.25) is 4.79 Å². The number of carbonyl (C=O) groups excluding carboxylic acids is 1. The van der Waals surface area contributed by atoms with Crippen LogP contribution in [0.15, 0.2) is 18.3 Å². The van der Waals surface area contributed by atoms with E-state index in [2.05, 4.69) is 4.98 Å². The number of ether oxygens (including phenoxy) is 2. The Morgan fingerprint density at radius 3 is 2.50 bits per heavy atom. The minimum absolute atomic E-state index is 0.0156. The van der Waals surface area contributed by atoms with Gasteiger partial charge in [-0.25, -0.2) is 4.98 Å². The van der Waals surface area contributed by atoms with Crippen LogP contribution in [0.3, 0.4) is 0 Å². The molecule has 1 aliphatic carbocycles. The van der Waals surface area contributed by atoms with Gasteiger partial charge in [0.2, 0.25) is 11.8 Å². The highest BCUT2D eigenvalue weighted by Gasteiger charge is 2.51. The number of rotatable bonds is 7. The summed E-state index contributed by atoms with van der Waals surface area (Å²) < 4.78 is 48.2. The van der Waals surface area contributed by atoms with Crippen molar-refractivity contribution in [2.24, 2.45) is 5.41 Å². The summed E-state index contributed by atoms with van der Waals surface area (Å²) in [6, 6.07) is 2.90. The summed E-state index contributed by atoms with van der Waals surface area (Å²) >= 11 is 0. The predicted molar refractivity (Wildman–Crippen MR) is 104 cm³/mol. The smallest absolute Gasteiger partial charge is 0.425 e. The van der Waals surface area contributed by atoms with Gasteiger partial charge in [-0.05, 0) is 51.5 Å². The molecular weight excluding hydrogens is 401 g/mol. The molecule has 1 aromatic rings. The molecule has 0 unspecified atom stereocenters. The van der Waals surface area contributed by atoms with E-state index in [-0.39, 0.29) is 18.4 Å². The first-order chi connectivity index (χ1) is 14.1. The molecule has 6 nitrogen and oxygen atoms in total. The monoisotopic (exact) mass is 430 g/mol. The molecule has 2 aliphatic rings. The average molecular weight is 430 g/mol. The van der Waals surface area contributed by atoms with Crippen LogP contribution in [0.25, 0.3) is 0 Å². The van der Waals surface area contributed by atoms with Gasteiger partial charge in [0.15, 0.2) is 6.10 Å². The number of aliphatic hydroxyl groups is 1. The van der Waals surface area contributed by atoms with Crippen LogP contribution in [-0.2, 0) is 9.53 Å². The van der Waals surface area contributed by atoms with E-state index in [1.165, 1.54) is 12.3 Å². The van der Waals surface area contributed by atoms with Gasteiger partial charge in [0.1, 0.15) is 0 Å². The first kappa shape index (κ1) is 22.8. The number of alkyl halides is 3. The minimum Gasteiger partial charge on any atom is -0.465 e. The normalized spacial score (nSPS) is 28.2. The average Bonchev–Trinajstić information content (AvgIpc) is 3.01. The van der Waals surface area contributed by atoms with Crippen molar-refractivity contribution in [3.63, 3.8) is 0 Å². The van der Waals surface area contributed by atoms with E-state index in [9.17, 15) is 23.1 Å². The van der Waals surface area contributed by atoms with E-state index in [1.807, 2.05) is 6.92 Å². The highest BCUT2D eigenvalue weighted by molar-refractivity contribution is 5.99. The summed E-state index contributed by atoms with van der Waals surface area (Å²) in [5.74, 6) is -0.155. The molecule has 2 fully saturated rings. The summed E-state index contributed by atoms with van der Waals surface area (Å²) in [6.45, 7) is 4.34. The van der Waals surface area contributed by atoms with Crippen molar-refractivity contribution in [2.75, 3.05) is 24.7 Å². The van der Waals surface area contributed by atoms with Crippen molar-refractivity contribution in [2.45, 2.75) is 70.3 Å². The number of hydrogen-bond donors (Lipinski definition) is 1. The Kier molecular flexibility index (Phi) is 6.62. The molecule has 1 amide bonds. The summed E-state index contributed by atoms with van der Waals surface area (Å²) in [4.78, 5) is 18.7. The maximum atomic E-state index is 13.2. The fraction of sp³-hybridized carbons (Fsp3) is 0.714. The van der Waals surface area contributed by atoms with Gasteiger partial charge in [0.25, 0.3) is 0 Å². The SMILES string of the molecule is CCCOCC1(O)CCC2(CCN(c3ccc(O[C@@H](C)C(F)(F)F)nc3)C2=O)CC1. The highest BCUT2D eigenvalue weighted by atomic mass is 19.4. The molecule has 1 saturated heterocycles. The molecule has 1 aromatic heterocycles. The van der Waals surface area contributed by atoms with Crippen molar-refractivity contribution < 1.29 is 32.5 Å². The Labute approximate surface area is 174 Å². The first-order valence-electron chi connectivity index (χ1n) is 10.4. The highest BCUT2D eigenvalue weighted by Crippen LogP contribution is 2.48. The molecular formula is C21H29F3N2O4. The Balaban J connectivity index is 1.60. The molecule has 1 aliphatic heterocycles. The molecule has 1 N–H and O–H groups in total. The largest absolute Gasteiger partial charge is 0.465 e. The number of anilines is 1. The second-order valence-electron chi connectivity index (χ2n) is 8.42. The fourth-order valence-corrected chi connectivity index (χ4v) is 4.13. The van der Waals surface area contributed by atoms with Crippen LogP contribution >= 0.6 is 0 Å². The van der Waals surface area contributed by atoms with E-state index in [1.54, 1.807) is 11.0 Å². The van der Waals surface area contributed by atoms with Crippen LogP contribution in [0.4, 0.5) is 18.9 Å². The lowest BCUT2D eigenvalue weighted by Crippen LogP contribution is -2.45. The molecule has 1 saturated carbocycles. The number of hydrogen-bond acceptors (Lipinski definition) is 5. The Morgan fingerprint density at radius 1 is 1.23 bits per heavy atom. The van der Waals surface area contributed by atoms with Crippen LogP contribution in [-0.4, -0.2) is 53.6 Å². The molecule has 0 radical (unpaired) electrons. The van der Waals surface area contributed by atoms with Crippen molar-refractivity contribution in [1.29, 1.82) is 0 Å². The Hall–Kier alpha value is -1.87. The molecule has 9 heteroatoms. The van der Waals surface area contributed by atoms with E-state index in [0.29, 0.717) is 50.9 Å². The van der Waals surface area contributed by atoms with Crippen LogP contribution in [0.5, 0.6) is 5.88 Å². The second kappa shape index (κ2) is 8.70. The maximum absolute atomic E-state index is 13.2. The summed E-state index contributed by atoms with van der Waals surface area (Å²) in [7, 11) is 0. The third-order valence-corrected chi connectivity index (χ3v) is 6.16. The third-order valence-electron chi connectivity index (χ3n) is 6.16. The number of pyridine rings is 1. The van der Waals surface area contributed by atoms with Gasteiger partial charge >= 0.3 is 6.18 Å². The van der Waals surface area contributed by atoms with Crippen molar-refractivity contribution in [3.05, 3.63) is 18.3 Å². The number of halogens is 3. The molecule has 30 heavy (non-hydrogen) atoms. The molecule has 3 rings (SSSR count). The summed E-state index contributed by atoms with van der Waals surface area (Å²) in [6.07, 6.45) is -1.29. The fourth-order valence-electron chi connectivity index (χ4n) is 4.13. The quantitative estimate of drug-likeness (QED) is 0.665. The lowest BCUT2D eigenvalue weighted by atomic mass is 9.68. The van der Waals surface area contributed by atoms with Crippen molar-refractivity contribution in [1.82, 2.24) is 4.98 Å². The van der Waals surface area contributed by atoms with Gasteiger partial charge in [-0.15, -0.1) is 0 Å². The maximum Gasteiger partial charge on any atom is 0.425 e. The summed E-state index contributed by atoms with van der Waals surface area (Å²) in [5, 5.41) is 10.7. The van der Waals surface area contributed by atoms with Gasteiger partial charge in [0, 0.05) is 19.2 Å². The van der Waals surface area contributed by atoms with Crippen LogP contribution in [0.2, 0.25) is 0 Å². The van der Waals surface area contributed by atoms with Crippen LogP contribution in [0, 0.1) is 5.41 Å². The van der Waals surface area contributed by atoms with Gasteiger partial charge in [-0.1, -0.05) is 6.92 Å². The second-order valence-corrected chi connectivity index (χ2v) is 8.42. The number of aromatic nitrogens is 1. The molecule has 168 valence electrons.